The fourth-order valence-electron chi connectivity index (χ4n) is 4.92. The van der Waals surface area contributed by atoms with Gasteiger partial charge in [0.15, 0.2) is 5.82 Å². The Hall–Kier alpha value is -1.70. The molecule has 1 saturated carbocycles. The van der Waals surface area contributed by atoms with Crippen molar-refractivity contribution in [2.24, 2.45) is 5.92 Å². The van der Waals surface area contributed by atoms with Gasteiger partial charge in [-0.15, -0.1) is 0 Å². The van der Waals surface area contributed by atoms with Gasteiger partial charge in [0.05, 0.1) is 0 Å². The molecule has 0 unspecified atom stereocenters. The van der Waals surface area contributed by atoms with Gasteiger partial charge < -0.3 is 0 Å². The van der Waals surface area contributed by atoms with Crippen LogP contribution < -0.4 is 0 Å². The molecule has 0 atom stereocenters. The van der Waals surface area contributed by atoms with E-state index in [0.29, 0.717) is 5.92 Å². The Kier molecular flexibility index (Phi) is 9.86. The van der Waals surface area contributed by atoms with Crippen LogP contribution in [0.5, 0.6) is 0 Å². The molecule has 2 heteroatoms. The molecule has 0 spiro atoms. The monoisotopic (exact) mass is 406 g/mol. The summed E-state index contributed by atoms with van der Waals surface area (Å²) >= 11 is 0. The maximum atomic E-state index is 4.72. The van der Waals surface area contributed by atoms with Crippen LogP contribution in [0.4, 0.5) is 0 Å². The molecule has 1 aromatic heterocycles. The van der Waals surface area contributed by atoms with Gasteiger partial charge in [0.2, 0.25) is 0 Å². The minimum atomic E-state index is 0.663. The fraction of sp³-hybridized carbons (Fsp3) is 0.643. The van der Waals surface area contributed by atoms with E-state index in [0.717, 1.165) is 17.3 Å². The van der Waals surface area contributed by atoms with Crippen LogP contribution in [0.1, 0.15) is 114 Å². The van der Waals surface area contributed by atoms with Gasteiger partial charge in [-0.3, -0.25) is 0 Å². The van der Waals surface area contributed by atoms with E-state index < -0.39 is 0 Å². The zero-order valence-corrected chi connectivity index (χ0v) is 19.4. The summed E-state index contributed by atoms with van der Waals surface area (Å²) in [4.78, 5) is 9.43. The van der Waals surface area contributed by atoms with Crippen LogP contribution in [-0.2, 0) is 6.42 Å². The smallest absolute Gasteiger partial charge is 0.159 e. The van der Waals surface area contributed by atoms with Crippen LogP contribution in [0.15, 0.2) is 36.7 Å². The van der Waals surface area contributed by atoms with E-state index in [2.05, 4.69) is 50.5 Å². The van der Waals surface area contributed by atoms with Gasteiger partial charge >= 0.3 is 0 Å². The number of unbranched alkanes of at least 4 members (excludes halogenated alkanes) is 6. The van der Waals surface area contributed by atoms with Crippen molar-refractivity contribution in [2.75, 3.05) is 0 Å². The largest absolute Gasteiger partial charge is 0.236 e. The number of benzene rings is 1. The number of rotatable bonds is 12. The Balaban J connectivity index is 1.44. The highest BCUT2D eigenvalue weighted by molar-refractivity contribution is 5.55. The molecule has 2 nitrogen and oxygen atoms in total. The molecule has 164 valence electrons. The first-order valence-electron chi connectivity index (χ1n) is 12.7. The lowest BCUT2D eigenvalue weighted by Gasteiger charge is -2.28. The van der Waals surface area contributed by atoms with Crippen molar-refractivity contribution in [2.45, 2.75) is 110 Å². The minimum absolute atomic E-state index is 0.663. The van der Waals surface area contributed by atoms with Crippen molar-refractivity contribution >= 4 is 0 Å². The van der Waals surface area contributed by atoms with Crippen molar-refractivity contribution in [3.8, 4) is 11.4 Å². The van der Waals surface area contributed by atoms with E-state index in [1.165, 1.54) is 101 Å². The van der Waals surface area contributed by atoms with Gasteiger partial charge in [0.1, 0.15) is 0 Å². The lowest BCUT2D eigenvalue weighted by Crippen LogP contribution is -2.14. The summed E-state index contributed by atoms with van der Waals surface area (Å²) in [6.45, 7) is 4.55. The van der Waals surface area contributed by atoms with Crippen LogP contribution in [0.2, 0.25) is 0 Å². The summed E-state index contributed by atoms with van der Waals surface area (Å²) < 4.78 is 0. The quantitative estimate of drug-likeness (QED) is 0.330. The van der Waals surface area contributed by atoms with Crippen LogP contribution in [0.25, 0.3) is 11.4 Å². The van der Waals surface area contributed by atoms with E-state index in [1.54, 1.807) is 0 Å². The Morgan fingerprint density at radius 3 is 2.03 bits per heavy atom. The zero-order valence-electron chi connectivity index (χ0n) is 19.4. The lowest BCUT2D eigenvalue weighted by molar-refractivity contribution is 0.301. The maximum Gasteiger partial charge on any atom is 0.159 e. The zero-order chi connectivity index (χ0) is 21.0. The standard InChI is InChI=1S/C28H42N2/c1-3-5-7-8-10-12-24-13-17-25(18-14-24)27-21-29-28(30-22-27)26-19-15-23(16-20-26)11-9-6-4-2/h15-16,19-22,24-25H,3-14,17-18H2,1-2H3. The predicted molar refractivity (Wildman–Crippen MR) is 129 cm³/mol. The van der Waals surface area contributed by atoms with Gasteiger partial charge in [-0.25, -0.2) is 9.97 Å². The molecule has 0 bridgehead atoms. The van der Waals surface area contributed by atoms with Gasteiger partial charge in [-0.1, -0.05) is 89.5 Å². The van der Waals surface area contributed by atoms with E-state index in [-0.39, 0.29) is 0 Å². The minimum Gasteiger partial charge on any atom is -0.236 e. The summed E-state index contributed by atoms with van der Waals surface area (Å²) in [6.07, 6.45) is 23.1. The molecule has 1 aliphatic carbocycles. The SMILES string of the molecule is CCCCCCCC1CCC(c2cnc(-c3ccc(CCCCC)cc3)nc2)CC1. The second kappa shape index (κ2) is 12.9. The van der Waals surface area contributed by atoms with Gasteiger partial charge in [0, 0.05) is 18.0 Å². The third-order valence-corrected chi connectivity index (χ3v) is 6.99. The molecule has 1 aromatic carbocycles. The molecule has 1 aliphatic rings. The average Bonchev–Trinajstić information content (AvgIpc) is 2.80. The summed E-state index contributed by atoms with van der Waals surface area (Å²) in [7, 11) is 0. The van der Waals surface area contributed by atoms with E-state index in [4.69, 9.17) is 9.97 Å². The fourth-order valence-corrected chi connectivity index (χ4v) is 4.92. The Labute approximate surface area is 184 Å². The molecule has 3 rings (SSSR count). The van der Waals surface area contributed by atoms with E-state index >= 15 is 0 Å². The molecular formula is C28H42N2. The van der Waals surface area contributed by atoms with Crippen molar-refractivity contribution in [3.63, 3.8) is 0 Å². The molecule has 0 radical (unpaired) electrons. The van der Waals surface area contributed by atoms with Crippen molar-refractivity contribution in [3.05, 3.63) is 47.8 Å². The molecule has 1 heterocycles. The first-order chi connectivity index (χ1) is 14.8. The second-order valence-corrected chi connectivity index (χ2v) is 9.41. The molecule has 0 N–H and O–H groups in total. The lowest BCUT2D eigenvalue weighted by atomic mass is 9.77. The Morgan fingerprint density at radius 1 is 0.733 bits per heavy atom. The van der Waals surface area contributed by atoms with Crippen molar-refractivity contribution < 1.29 is 0 Å². The van der Waals surface area contributed by atoms with Gasteiger partial charge in [-0.05, 0) is 61.5 Å². The topological polar surface area (TPSA) is 25.8 Å². The number of hydrogen-bond donors (Lipinski definition) is 0. The van der Waals surface area contributed by atoms with Crippen LogP contribution >= 0.6 is 0 Å². The van der Waals surface area contributed by atoms with Gasteiger partial charge in [0.25, 0.3) is 0 Å². The van der Waals surface area contributed by atoms with Crippen molar-refractivity contribution in [1.29, 1.82) is 0 Å². The van der Waals surface area contributed by atoms with E-state index in [1.807, 2.05) is 0 Å². The number of hydrogen-bond acceptors (Lipinski definition) is 2. The number of aryl methyl sites for hydroxylation is 1. The Bertz CT molecular complexity index is 696. The molecule has 30 heavy (non-hydrogen) atoms. The van der Waals surface area contributed by atoms with E-state index in [9.17, 15) is 0 Å². The predicted octanol–water partition coefficient (Wildman–Crippen LogP) is 8.51. The first kappa shape index (κ1) is 23.0. The maximum absolute atomic E-state index is 4.72. The average molecular weight is 407 g/mol. The third kappa shape index (κ3) is 7.22. The molecule has 2 aromatic rings. The number of aromatic nitrogens is 2. The third-order valence-electron chi connectivity index (χ3n) is 6.99. The van der Waals surface area contributed by atoms with Crippen LogP contribution in [-0.4, -0.2) is 9.97 Å². The molecule has 0 saturated heterocycles. The molecule has 1 fully saturated rings. The highest BCUT2D eigenvalue weighted by Crippen LogP contribution is 2.37. The second-order valence-electron chi connectivity index (χ2n) is 9.41. The highest BCUT2D eigenvalue weighted by atomic mass is 14.9. The highest BCUT2D eigenvalue weighted by Gasteiger charge is 2.22. The summed E-state index contributed by atoms with van der Waals surface area (Å²) in [5.74, 6) is 2.48. The van der Waals surface area contributed by atoms with Gasteiger partial charge in [-0.2, -0.15) is 0 Å². The summed E-state index contributed by atoms with van der Waals surface area (Å²) in [6, 6.07) is 8.85. The van der Waals surface area contributed by atoms with Crippen molar-refractivity contribution in [1.82, 2.24) is 9.97 Å². The molecular weight excluding hydrogens is 364 g/mol. The van der Waals surface area contributed by atoms with Crippen LogP contribution in [0, 0.1) is 5.92 Å². The first-order valence-corrected chi connectivity index (χ1v) is 12.7. The van der Waals surface area contributed by atoms with Crippen LogP contribution in [0.3, 0.4) is 0 Å². The normalized spacial score (nSPS) is 19.1. The Morgan fingerprint density at radius 2 is 1.37 bits per heavy atom. The molecule has 0 amide bonds. The molecule has 0 aliphatic heterocycles. The number of nitrogens with zero attached hydrogens (tertiary/aromatic N) is 2. The summed E-state index contributed by atoms with van der Waals surface area (Å²) in [5.41, 5.74) is 3.90. The summed E-state index contributed by atoms with van der Waals surface area (Å²) in [5, 5.41) is 0.